The number of fused-ring (bicyclic) bond motifs is 1. The van der Waals surface area contributed by atoms with Gasteiger partial charge in [0, 0.05) is 23.2 Å². The number of amidine groups is 1. The molecule has 0 aliphatic heterocycles. The summed E-state index contributed by atoms with van der Waals surface area (Å²) in [6, 6.07) is 20.2. The van der Waals surface area contributed by atoms with Crippen LogP contribution in [0.1, 0.15) is 68.6 Å². The van der Waals surface area contributed by atoms with Gasteiger partial charge in [-0.2, -0.15) is 0 Å². The Balaban J connectivity index is 1.28. The van der Waals surface area contributed by atoms with Crippen molar-refractivity contribution < 1.29 is 22.7 Å². The first-order chi connectivity index (χ1) is 22.3. The van der Waals surface area contributed by atoms with Gasteiger partial charge in [-0.25, -0.2) is 22.9 Å². The third-order valence-corrected chi connectivity index (χ3v) is 10.4. The molecular formula is C34H40N6O5S2. The predicted octanol–water partition coefficient (Wildman–Crippen LogP) is 5.86. The highest BCUT2D eigenvalue weighted by Gasteiger charge is 2.29. The molecule has 0 saturated heterocycles. The van der Waals surface area contributed by atoms with Gasteiger partial charge in [-0.15, -0.1) is 11.3 Å². The van der Waals surface area contributed by atoms with Crippen LogP contribution in [0.4, 0.5) is 10.5 Å². The van der Waals surface area contributed by atoms with Crippen molar-refractivity contribution in [2.75, 3.05) is 5.32 Å². The van der Waals surface area contributed by atoms with Crippen molar-refractivity contribution in [3.8, 4) is 0 Å². The number of nitrogens with two attached hydrogens (primary N) is 1. The standard InChI is InChI=1S/C34H40N6O5S2/c1-34(2,3)45-33(42)38-24-16-14-22(15-17-24)31(41)37-25-10-7-11-26(20-25)47(43,44)40-28(19-21-8-6-9-23(18-21)30(35)36)32-39-27-12-4-5-13-29(27)46-32/h4-13,18,20,22,24,28,40H,14-17,19H2,1-3H3,(H3,35,36)(H,37,41)(H,38,42). The minimum Gasteiger partial charge on any atom is -0.444 e. The lowest BCUT2D eigenvalue weighted by atomic mass is 9.85. The topological polar surface area (TPSA) is 176 Å². The first-order valence-corrected chi connectivity index (χ1v) is 17.8. The number of benzene rings is 3. The van der Waals surface area contributed by atoms with Crippen LogP contribution in [0, 0.1) is 11.3 Å². The zero-order valence-electron chi connectivity index (χ0n) is 26.6. The number of ether oxygens (including phenoxy) is 1. The highest BCUT2D eigenvalue weighted by molar-refractivity contribution is 7.89. The molecule has 1 saturated carbocycles. The molecule has 13 heteroatoms. The largest absolute Gasteiger partial charge is 0.444 e. The maximum absolute atomic E-state index is 13.8. The summed E-state index contributed by atoms with van der Waals surface area (Å²) in [5, 5.41) is 14.2. The Morgan fingerprint density at radius 2 is 1.74 bits per heavy atom. The Labute approximate surface area is 278 Å². The number of rotatable bonds is 10. The minimum absolute atomic E-state index is 0.00386. The molecule has 4 aromatic rings. The number of hydrogen-bond acceptors (Lipinski definition) is 8. The molecule has 1 aromatic heterocycles. The molecule has 0 bridgehead atoms. The molecule has 1 heterocycles. The molecule has 3 aromatic carbocycles. The quantitative estimate of drug-likeness (QED) is 0.103. The fourth-order valence-corrected chi connectivity index (χ4v) is 7.87. The van der Waals surface area contributed by atoms with Gasteiger partial charge in [0.2, 0.25) is 15.9 Å². The van der Waals surface area contributed by atoms with E-state index >= 15 is 0 Å². The van der Waals surface area contributed by atoms with Gasteiger partial charge in [-0.05, 0) is 94.8 Å². The van der Waals surface area contributed by atoms with Crippen molar-refractivity contribution in [1.29, 1.82) is 5.41 Å². The van der Waals surface area contributed by atoms with Crippen LogP contribution in [-0.2, 0) is 26.0 Å². The van der Waals surface area contributed by atoms with Gasteiger partial charge in [-0.3, -0.25) is 10.2 Å². The number of alkyl carbamates (subject to hydrolysis) is 1. The van der Waals surface area contributed by atoms with E-state index in [1.54, 1.807) is 30.3 Å². The van der Waals surface area contributed by atoms with E-state index in [1.165, 1.54) is 23.5 Å². The number of nitrogen functional groups attached to an aromatic ring is 1. The van der Waals surface area contributed by atoms with Gasteiger partial charge >= 0.3 is 6.09 Å². The second-order valence-corrected chi connectivity index (χ2v) is 15.5. The number of carbonyl (C=O) groups excluding carboxylic acids is 2. The number of sulfonamides is 1. The number of carbonyl (C=O) groups is 2. The maximum Gasteiger partial charge on any atom is 0.407 e. The van der Waals surface area contributed by atoms with E-state index in [2.05, 4.69) is 15.4 Å². The number of nitrogens with one attached hydrogen (secondary N) is 4. The van der Waals surface area contributed by atoms with E-state index in [-0.39, 0.29) is 35.0 Å². The monoisotopic (exact) mass is 676 g/mol. The lowest BCUT2D eigenvalue weighted by Gasteiger charge is -2.29. The highest BCUT2D eigenvalue weighted by Crippen LogP contribution is 2.31. The van der Waals surface area contributed by atoms with E-state index < -0.39 is 27.8 Å². The highest BCUT2D eigenvalue weighted by atomic mass is 32.2. The Morgan fingerprint density at radius 3 is 2.45 bits per heavy atom. The molecule has 248 valence electrons. The summed E-state index contributed by atoms with van der Waals surface area (Å²) in [7, 11) is -4.06. The van der Waals surface area contributed by atoms with Crippen LogP contribution < -0.4 is 21.1 Å². The summed E-state index contributed by atoms with van der Waals surface area (Å²) in [5.41, 5.74) is 7.60. The van der Waals surface area contributed by atoms with Gasteiger partial charge in [0.05, 0.1) is 21.2 Å². The minimum atomic E-state index is -4.06. The molecule has 47 heavy (non-hydrogen) atoms. The van der Waals surface area contributed by atoms with Crippen molar-refractivity contribution in [3.05, 3.63) is 88.9 Å². The van der Waals surface area contributed by atoms with Gasteiger partial charge in [-0.1, -0.05) is 36.4 Å². The SMILES string of the molecule is CC(C)(C)OC(=O)NC1CCC(C(=O)Nc2cccc(S(=O)(=O)NC(Cc3cccc(C(=N)N)c3)c3nc4ccccc4s3)c2)CC1. The summed E-state index contributed by atoms with van der Waals surface area (Å²) in [6.07, 6.45) is 2.26. The lowest BCUT2D eigenvalue weighted by Crippen LogP contribution is -2.42. The number of para-hydroxylation sites is 1. The fraction of sp³-hybridized carbons (Fsp3) is 0.353. The van der Waals surface area contributed by atoms with Crippen LogP contribution in [0.5, 0.6) is 0 Å². The van der Waals surface area contributed by atoms with Gasteiger partial charge in [0.25, 0.3) is 0 Å². The Bertz CT molecular complexity index is 1840. The van der Waals surface area contributed by atoms with Crippen LogP contribution in [0.15, 0.2) is 77.7 Å². The zero-order chi connectivity index (χ0) is 33.8. The van der Waals surface area contributed by atoms with Crippen LogP contribution in [0.3, 0.4) is 0 Å². The van der Waals surface area contributed by atoms with Crippen LogP contribution in [0.2, 0.25) is 0 Å². The lowest BCUT2D eigenvalue weighted by molar-refractivity contribution is -0.120. The zero-order valence-corrected chi connectivity index (χ0v) is 28.2. The number of aromatic nitrogens is 1. The summed E-state index contributed by atoms with van der Waals surface area (Å²) < 4.78 is 36.7. The summed E-state index contributed by atoms with van der Waals surface area (Å²) in [5.74, 6) is -0.534. The molecular weight excluding hydrogens is 637 g/mol. The van der Waals surface area contributed by atoms with Crippen LogP contribution >= 0.6 is 11.3 Å². The van der Waals surface area contributed by atoms with Crippen LogP contribution in [-0.4, -0.2) is 42.9 Å². The molecule has 1 aliphatic carbocycles. The summed E-state index contributed by atoms with van der Waals surface area (Å²) >= 11 is 1.41. The van der Waals surface area contributed by atoms with E-state index in [0.717, 1.165) is 15.8 Å². The normalized spacial score (nSPS) is 17.5. The molecule has 6 N–H and O–H groups in total. The van der Waals surface area contributed by atoms with E-state index in [9.17, 15) is 18.0 Å². The van der Waals surface area contributed by atoms with Crippen molar-refractivity contribution in [2.45, 2.75) is 75.5 Å². The van der Waals surface area contributed by atoms with E-state index in [1.807, 2.05) is 51.1 Å². The van der Waals surface area contributed by atoms with Crippen molar-refractivity contribution in [3.63, 3.8) is 0 Å². The third kappa shape index (κ3) is 9.15. The molecule has 1 aliphatic rings. The second-order valence-electron chi connectivity index (χ2n) is 12.7. The Morgan fingerprint density at radius 1 is 1.02 bits per heavy atom. The smallest absolute Gasteiger partial charge is 0.407 e. The van der Waals surface area contributed by atoms with Gasteiger partial charge in [0.15, 0.2) is 0 Å². The molecule has 1 fully saturated rings. The van der Waals surface area contributed by atoms with Gasteiger partial charge < -0.3 is 21.1 Å². The predicted molar refractivity (Wildman–Crippen MR) is 184 cm³/mol. The average molecular weight is 677 g/mol. The maximum atomic E-state index is 13.8. The summed E-state index contributed by atoms with van der Waals surface area (Å²) in [6.45, 7) is 5.42. The number of anilines is 1. The molecule has 0 radical (unpaired) electrons. The molecule has 1 atom stereocenters. The first kappa shape index (κ1) is 34.0. The fourth-order valence-electron chi connectivity index (χ4n) is 5.53. The molecule has 1 unspecified atom stereocenters. The van der Waals surface area contributed by atoms with E-state index in [4.69, 9.17) is 20.9 Å². The van der Waals surface area contributed by atoms with Crippen LogP contribution in [0.25, 0.3) is 10.2 Å². The Hall–Kier alpha value is -4.33. The second kappa shape index (κ2) is 14.2. The molecule has 5 rings (SSSR count). The first-order valence-electron chi connectivity index (χ1n) is 15.5. The summed E-state index contributed by atoms with van der Waals surface area (Å²) in [4.78, 5) is 30.0. The van der Waals surface area contributed by atoms with Crippen molar-refractivity contribution in [2.24, 2.45) is 11.7 Å². The number of hydrogen-bond donors (Lipinski definition) is 5. The number of nitrogens with zero attached hydrogens (tertiary/aromatic N) is 1. The van der Waals surface area contributed by atoms with Crippen molar-refractivity contribution in [1.82, 2.24) is 15.0 Å². The Kier molecular flexibility index (Phi) is 10.3. The van der Waals surface area contributed by atoms with Crippen molar-refractivity contribution >= 4 is 55.1 Å². The van der Waals surface area contributed by atoms with Gasteiger partial charge in [0.1, 0.15) is 16.4 Å². The number of amides is 2. The van der Waals surface area contributed by atoms with E-state index in [0.29, 0.717) is 41.9 Å². The molecule has 11 nitrogen and oxygen atoms in total. The molecule has 0 spiro atoms. The third-order valence-electron chi connectivity index (χ3n) is 7.81. The molecule has 2 amide bonds. The number of thiazole rings is 1. The average Bonchev–Trinajstić information content (AvgIpc) is 3.45.